The van der Waals surface area contributed by atoms with Crippen molar-refractivity contribution in [3.8, 4) is 0 Å². The molecule has 2 aliphatic rings. The molecule has 0 atom stereocenters. The molecule has 1 aliphatic heterocycles. The van der Waals surface area contributed by atoms with Gasteiger partial charge in [0.2, 0.25) is 10.0 Å². The highest BCUT2D eigenvalue weighted by atomic mass is 32.2. The van der Waals surface area contributed by atoms with Crippen LogP contribution in [0.25, 0.3) is 10.2 Å². The van der Waals surface area contributed by atoms with Gasteiger partial charge in [-0.2, -0.15) is 0 Å². The Morgan fingerprint density at radius 3 is 2.55 bits per heavy atom. The summed E-state index contributed by atoms with van der Waals surface area (Å²) in [6, 6.07) is 6.69. The molecule has 7 nitrogen and oxygen atoms in total. The average molecular weight is 459 g/mol. The number of hydrogen-bond donors (Lipinski definition) is 3. The number of quaternary nitrogens is 1. The maximum Gasteiger partial charge on any atom is 0.238 e. The zero-order chi connectivity index (χ0) is 21.4. The lowest BCUT2D eigenvalue weighted by Crippen LogP contribution is -3.11. The van der Waals surface area contributed by atoms with Gasteiger partial charge in [0.1, 0.15) is 17.2 Å². The van der Waals surface area contributed by atoms with Gasteiger partial charge in [-0.1, -0.05) is 12.1 Å². The summed E-state index contributed by atoms with van der Waals surface area (Å²) >= 11 is 1.82. The van der Waals surface area contributed by atoms with E-state index in [1.807, 2.05) is 11.3 Å². The molecule has 0 bridgehead atoms. The highest BCUT2D eigenvalue weighted by Crippen LogP contribution is 2.39. The number of rotatable bonds is 6. The number of fused-ring (bicyclic) bond motifs is 3. The first-order valence-electron chi connectivity index (χ1n) is 11.0. The van der Waals surface area contributed by atoms with E-state index < -0.39 is 10.0 Å². The van der Waals surface area contributed by atoms with Gasteiger partial charge in [0.25, 0.3) is 0 Å². The van der Waals surface area contributed by atoms with Crippen molar-refractivity contribution in [1.29, 1.82) is 0 Å². The first kappa shape index (κ1) is 20.8. The number of likely N-dealkylation sites (tertiary alicyclic amines) is 1. The molecule has 5 rings (SSSR count). The second-order valence-corrected chi connectivity index (χ2v) is 11.2. The van der Waals surface area contributed by atoms with Crippen LogP contribution in [-0.2, 0) is 36.0 Å². The van der Waals surface area contributed by atoms with Crippen molar-refractivity contribution in [2.24, 2.45) is 5.14 Å². The minimum Gasteiger partial charge on any atom is -0.365 e. The van der Waals surface area contributed by atoms with Crippen molar-refractivity contribution in [3.05, 3.63) is 46.1 Å². The smallest absolute Gasteiger partial charge is 0.238 e. The minimum absolute atomic E-state index is 0.128. The van der Waals surface area contributed by atoms with E-state index in [2.05, 4.69) is 5.32 Å². The first-order chi connectivity index (χ1) is 15.0. The Morgan fingerprint density at radius 1 is 1.03 bits per heavy atom. The number of hydrogen-bond acceptors (Lipinski definition) is 6. The molecule has 1 aliphatic carbocycles. The standard InChI is InChI=1S/C22H27N5O2S2/c23-31(28,29)16-9-7-15(8-10-16)13-24-21-20-17-5-4-6-18(17)30-22(20)26-19(25-21)14-27-11-2-1-3-12-27/h7-10H,1-6,11-14H2,(H2,23,28,29)(H,24,25,26)/p+1. The van der Waals surface area contributed by atoms with E-state index in [0.717, 1.165) is 41.4 Å². The van der Waals surface area contributed by atoms with Crippen molar-refractivity contribution >= 4 is 37.4 Å². The number of nitrogens with one attached hydrogen (secondary N) is 2. The lowest BCUT2D eigenvalue weighted by molar-refractivity contribution is -0.919. The Hall–Kier alpha value is -2.07. The van der Waals surface area contributed by atoms with Crippen LogP contribution in [-0.4, -0.2) is 31.5 Å². The Labute approximate surface area is 186 Å². The van der Waals surface area contributed by atoms with Crippen LogP contribution in [0.3, 0.4) is 0 Å². The molecule has 31 heavy (non-hydrogen) atoms. The number of aromatic nitrogens is 2. The number of primary sulfonamides is 1. The second-order valence-electron chi connectivity index (χ2n) is 8.56. The SMILES string of the molecule is NS(=O)(=O)c1ccc(CNc2nc(C[NH+]3CCCCC3)nc3sc4c(c23)CCC4)cc1. The Balaban J connectivity index is 1.43. The van der Waals surface area contributed by atoms with Gasteiger partial charge in [0.05, 0.1) is 23.4 Å². The van der Waals surface area contributed by atoms with E-state index in [-0.39, 0.29) is 4.90 Å². The Kier molecular flexibility index (Phi) is 5.68. The summed E-state index contributed by atoms with van der Waals surface area (Å²) in [7, 11) is -3.68. The van der Waals surface area contributed by atoms with E-state index in [9.17, 15) is 8.42 Å². The number of aryl methyl sites for hydroxylation is 2. The minimum atomic E-state index is -3.68. The molecule has 0 unspecified atom stereocenters. The topological polar surface area (TPSA) is 102 Å². The van der Waals surface area contributed by atoms with Gasteiger partial charge in [-0.3, -0.25) is 0 Å². The summed E-state index contributed by atoms with van der Waals surface area (Å²) in [5.41, 5.74) is 2.39. The number of nitrogens with zero attached hydrogens (tertiary/aromatic N) is 2. The molecule has 0 saturated carbocycles. The Bertz CT molecular complexity index is 1200. The van der Waals surface area contributed by atoms with Crippen molar-refractivity contribution in [2.45, 2.75) is 56.5 Å². The number of benzene rings is 1. The summed E-state index contributed by atoms with van der Waals surface area (Å²) in [5.74, 6) is 1.82. The molecule has 4 N–H and O–H groups in total. The molecular formula is C22H28N5O2S2+. The predicted octanol–water partition coefficient (Wildman–Crippen LogP) is 2.01. The molecule has 0 amide bonds. The fourth-order valence-electron chi connectivity index (χ4n) is 4.68. The molecule has 0 spiro atoms. The highest BCUT2D eigenvalue weighted by molar-refractivity contribution is 7.89. The van der Waals surface area contributed by atoms with E-state index in [1.165, 1.54) is 54.6 Å². The first-order valence-corrected chi connectivity index (χ1v) is 13.3. The summed E-state index contributed by atoms with van der Waals surface area (Å²) in [4.78, 5) is 14.2. The quantitative estimate of drug-likeness (QED) is 0.524. The van der Waals surface area contributed by atoms with Crippen LogP contribution >= 0.6 is 11.3 Å². The van der Waals surface area contributed by atoms with Crippen LogP contribution < -0.4 is 15.4 Å². The van der Waals surface area contributed by atoms with Gasteiger partial charge in [0.15, 0.2) is 5.82 Å². The van der Waals surface area contributed by atoms with Gasteiger partial charge in [-0.15, -0.1) is 11.3 Å². The van der Waals surface area contributed by atoms with Crippen molar-refractivity contribution in [1.82, 2.24) is 9.97 Å². The van der Waals surface area contributed by atoms with E-state index in [4.69, 9.17) is 15.1 Å². The number of sulfonamides is 1. The highest BCUT2D eigenvalue weighted by Gasteiger charge is 2.24. The molecule has 9 heteroatoms. The third-order valence-corrected chi connectivity index (χ3v) is 8.41. The maximum atomic E-state index is 11.5. The van der Waals surface area contributed by atoms with Crippen molar-refractivity contribution < 1.29 is 13.3 Å². The Morgan fingerprint density at radius 2 is 1.81 bits per heavy atom. The predicted molar refractivity (Wildman–Crippen MR) is 123 cm³/mol. The van der Waals surface area contributed by atoms with Gasteiger partial charge in [-0.25, -0.2) is 23.5 Å². The largest absolute Gasteiger partial charge is 0.365 e. The summed E-state index contributed by atoms with van der Waals surface area (Å²) < 4.78 is 23.0. The summed E-state index contributed by atoms with van der Waals surface area (Å²) in [5, 5.41) is 9.90. The van der Waals surface area contributed by atoms with Gasteiger partial charge < -0.3 is 10.2 Å². The molecular weight excluding hydrogens is 430 g/mol. The average Bonchev–Trinajstić information content (AvgIpc) is 3.33. The lowest BCUT2D eigenvalue weighted by Gasteiger charge is -2.23. The fourth-order valence-corrected chi connectivity index (χ4v) is 6.48. The van der Waals surface area contributed by atoms with Crippen LogP contribution in [0.2, 0.25) is 0 Å². The monoisotopic (exact) mass is 458 g/mol. The van der Waals surface area contributed by atoms with Crippen LogP contribution in [0.4, 0.5) is 5.82 Å². The molecule has 1 aromatic carbocycles. The number of piperidine rings is 1. The van der Waals surface area contributed by atoms with E-state index in [1.54, 1.807) is 29.2 Å². The summed E-state index contributed by atoms with van der Waals surface area (Å²) in [6.45, 7) is 3.83. The van der Waals surface area contributed by atoms with Gasteiger partial charge in [-0.05, 0) is 61.8 Å². The maximum absolute atomic E-state index is 11.5. The van der Waals surface area contributed by atoms with E-state index in [0.29, 0.717) is 6.54 Å². The van der Waals surface area contributed by atoms with Crippen LogP contribution in [0.15, 0.2) is 29.2 Å². The number of thiophene rings is 1. The third-order valence-electron chi connectivity index (χ3n) is 6.29. The summed E-state index contributed by atoms with van der Waals surface area (Å²) in [6.07, 6.45) is 7.32. The van der Waals surface area contributed by atoms with E-state index >= 15 is 0 Å². The molecule has 1 fully saturated rings. The molecule has 3 heterocycles. The second kappa shape index (κ2) is 8.46. The van der Waals surface area contributed by atoms with Crippen LogP contribution in [0.1, 0.15) is 47.5 Å². The normalized spacial score (nSPS) is 17.2. The zero-order valence-electron chi connectivity index (χ0n) is 17.5. The molecule has 3 aromatic rings. The third kappa shape index (κ3) is 4.45. The molecule has 0 radical (unpaired) electrons. The molecule has 1 saturated heterocycles. The lowest BCUT2D eigenvalue weighted by atomic mass is 10.1. The number of nitrogens with two attached hydrogens (primary N) is 1. The van der Waals surface area contributed by atoms with Gasteiger partial charge >= 0.3 is 0 Å². The molecule has 164 valence electrons. The van der Waals surface area contributed by atoms with Gasteiger partial charge in [0, 0.05) is 11.4 Å². The van der Waals surface area contributed by atoms with Crippen LogP contribution in [0, 0.1) is 0 Å². The number of anilines is 1. The molecule has 2 aromatic heterocycles. The van der Waals surface area contributed by atoms with Crippen LogP contribution in [0.5, 0.6) is 0 Å². The van der Waals surface area contributed by atoms with Crippen molar-refractivity contribution in [3.63, 3.8) is 0 Å². The van der Waals surface area contributed by atoms with Crippen molar-refractivity contribution in [2.75, 3.05) is 18.4 Å². The zero-order valence-corrected chi connectivity index (χ0v) is 19.1. The fraction of sp³-hybridized carbons (Fsp3) is 0.455.